The maximum absolute atomic E-state index is 5.35. The molecule has 148 valence electrons. The first-order chi connectivity index (χ1) is 9.25. The minimum Gasteiger partial charge on any atom is -1.00 e. The van der Waals surface area contributed by atoms with E-state index in [1.165, 1.54) is 0 Å². The molecule has 0 unspecified atom stereocenters. The number of unbranched alkanes of at least 4 members (excludes halogenated alkanes) is 2. The maximum atomic E-state index is 5.35. The van der Waals surface area contributed by atoms with Crippen molar-refractivity contribution in [1.82, 2.24) is 0 Å². The molecule has 0 N–H and O–H groups in total. The van der Waals surface area contributed by atoms with E-state index in [0.29, 0.717) is 0 Å². The normalized spacial score (nSPS) is 6.62. The van der Waals surface area contributed by atoms with Crippen LogP contribution in [-0.4, -0.2) is 0 Å². The minimum absolute atomic E-state index is 0. The molecule has 0 aliphatic carbocycles. The van der Waals surface area contributed by atoms with E-state index in [0.717, 1.165) is 48.0 Å². The van der Waals surface area contributed by atoms with Crippen molar-refractivity contribution in [1.29, 1.82) is 0 Å². The van der Waals surface area contributed by atoms with Gasteiger partial charge in [0.1, 0.15) is 0 Å². The SMILES string of the molecule is [CH-]=C(C)[C+]CC[C-]C(=[CH-])C.[CH-]=C(C)[C+]CC[C-]C(=[CH-])C.[Cl-].[Cl-].[Cl-].[Cl-].[Ru+4].[Ru+4]. The molecule has 6 heteroatoms. The molecular weight excluding hydrogens is 584 g/mol. The van der Waals surface area contributed by atoms with E-state index < -0.39 is 0 Å². The Balaban J connectivity index is -0.0000000337. The average molecular weight is 608 g/mol. The van der Waals surface area contributed by atoms with Crippen LogP contribution in [0, 0.1) is 52.0 Å². The smallest absolute Gasteiger partial charge is 1.00 e. The summed E-state index contributed by atoms with van der Waals surface area (Å²) in [6.45, 7) is 28.7. The van der Waals surface area contributed by atoms with E-state index in [2.05, 4.69) is 25.7 Å². The van der Waals surface area contributed by atoms with Crippen molar-refractivity contribution in [3.05, 3.63) is 74.3 Å². The van der Waals surface area contributed by atoms with Crippen LogP contribution in [0.15, 0.2) is 22.3 Å². The fraction of sp³-hybridized carbons (Fsp3) is 0.400. The van der Waals surface area contributed by atoms with Gasteiger partial charge in [0.15, 0.2) is 0 Å². The summed E-state index contributed by atoms with van der Waals surface area (Å²) >= 11 is 0. The first-order valence-electron chi connectivity index (χ1n) is 6.57. The summed E-state index contributed by atoms with van der Waals surface area (Å²) in [6.07, 6.45) is 15.1. The van der Waals surface area contributed by atoms with Crippen LogP contribution in [0.3, 0.4) is 0 Å². The Hall–Kier alpha value is 0.847. The van der Waals surface area contributed by atoms with E-state index >= 15 is 0 Å². The Labute approximate surface area is 214 Å². The molecule has 0 atom stereocenters. The van der Waals surface area contributed by atoms with Crippen molar-refractivity contribution in [3.63, 3.8) is 0 Å². The summed E-state index contributed by atoms with van der Waals surface area (Å²) < 4.78 is 0. The van der Waals surface area contributed by atoms with Crippen LogP contribution in [0.1, 0.15) is 53.4 Å². The van der Waals surface area contributed by atoms with Crippen molar-refractivity contribution >= 4 is 0 Å². The quantitative estimate of drug-likeness (QED) is 0.132. The third-order valence-corrected chi connectivity index (χ3v) is 1.87. The number of hydrogen-bond donors (Lipinski definition) is 0. The molecule has 0 nitrogen and oxygen atoms in total. The van der Waals surface area contributed by atoms with Crippen LogP contribution in [0.5, 0.6) is 0 Å². The summed E-state index contributed by atoms with van der Waals surface area (Å²) in [5.74, 6) is 0. The average Bonchev–Trinajstić information content (AvgIpc) is 2.30. The van der Waals surface area contributed by atoms with Gasteiger partial charge < -0.3 is 86.8 Å². The number of rotatable bonds is 10. The molecule has 0 bridgehead atoms. The van der Waals surface area contributed by atoms with Crippen molar-refractivity contribution in [3.8, 4) is 0 Å². The Morgan fingerprint density at radius 1 is 0.615 bits per heavy atom. The summed E-state index contributed by atoms with van der Waals surface area (Å²) in [5, 5.41) is 0. The van der Waals surface area contributed by atoms with E-state index in [4.69, 9.17) is 26.3 Å². The van der Waals surface area contributed by atoms with E-state index in [1.54, 1.807) is 0 Å². The van der Waals surface area contributed by atoms with Crippen molar-refractivity contribution in [2.24, 2.45) is 0 Å². The molecule has 0 fully saturated rings. The maximum Gasteiger partial charge on any atom is 4.00 e. The van der Waals surface area contributed by atoms with Gasteiger partial charge in [-0.2, -0.15) is 12.8 Å². The van der Waals surface area contributed by atoms with Gasteiger partial charge in [0.05, 0.1) is 0 Å². The number of hydrogen-bond acceptors (Lipinski definition) is 0. The molecule has 0 aromatic heterocycles. The van der Waals surface area contributed by atoms with Gasteiger partial charge >= 0.3 is 39.0 Å². The molecule has 0 spiro atoms. The van der Waals surface area contributed by atoms with Gasteiger partial charge in [-0.25, -0.2) is 0 Å². The van der Waals surface area contributed by atoms with Crippen molar-refractivity contribution < 1.29 is 88.6 Å². The topological polar surface area (TPSA) is 0 Å². The summed E-state index contributed by atoms with van der Waals surface area (Å²) in [6, 6.07) is 0. The van der Waals surface area contributed by atoms with Crippen LogP contribution in [0.25, 0.3) is 0 Å². The molecule has 0 aromatic carbocycles. The van der Waals surface area contributed by atoms with Gasteiger partial charge in [-0.05, 0) is 37.8 Å². The van der Waals surface area contributed by atoms with Gasteiger partial charge in [-0.3, -0.25) is 0 Å². The first kappa shape index (κ1) is 50.5. The molecule has 0 aromatic rings. The molecule has 26 heavy (non-hydrogen) atoms. The molecular formula is C20H24Cl4Ru2. The zero-order valence-electron chi connectivity index (χ0n) is 15.4. The van der Waals surface area contributed by atoms with E-state index in [1.807, 2.05) is 27.7 Å². The second-order valence-corrected chi connectivity index (χ2v) is 4.44. The molecule has 0 saturated carbocycles. The molecule has 0 heterocycles. The van der Waals surface area contributed by atoms with Crippen molar-refractivity contribution in [2.75, 3.05) is 0 Å². The van der Waals surface area contributed by atoms with Crippen molar-refractivity contribution in [2.45, 2.75) is 53.4 Å². The van der Waals surface area contributed by atoms with Gasteiger partial charge in [0.25, 0.3) is 0 Å². The summed E-state index contributed by atoms with van der Waals surface area (Å²) in [5.41, 5.74) is 2.93. The predicted molar refractivity (Wildman–Crippen MR) is 85.4 cm³/mol. The van der Waals surface area contributed by atoms with Crippen LogP contribution >= 0.6 is 0 Å². The third-order valence-electron chi connectivity index (χ3n) is 1.87. The molecule has 0 aliphatic rings. The molecule has 0 amide bonds. The number of allylic oxidation sites excluding steroid dienone is 4. The van der Waals surface area contributed by atoms with Gasteiger partial charge in [-0.1, -0.05) is 26.0 Å². The monoisotopic (exact) mass is 608 g/mol. The second-order valence-electron chi connectivity index (χ2n) is 4.44. The molecule has 0 aliphatic heterocycles. The molecule has 0 rings (SSSR count). The third kappa shape index (κ3) is 64.1. The fourth-order valence-corrected chi connectivity index (χ4v) is 1.04. The minimum atomic E-state index is 0. The van der Waals surface area contributed by atoms with Crippen LogP contribution < -0.4 is 49.6 Å². The second kappa shape index (κ2) is 36.7. The van der Waals surface area contributed by atoms with Crippen LogP contribution in [0.2, 0.25) is 0 Å². The largest absolute Gasteiger partial charge is 4.00 e. The summed E-state index contributed by atoms with van der Waals surface area (Å²) in [4.78, 5) is 0. The number of halogens is 4. The van der Waals surface area contributed by atoms with Gasteiger partial charge in [-0.15, -0.1) is 13.8 Å². The zero-order chi connectivity index (χ0) is 16.0. The Morgan fingerprint density at radius 3 is 1.00 bits per heavy atom. The Morgan fingerprint density at radius 2 is 0.846 bits per heavy atom. The van der Waals surface area contributed by atoms with E-state index in [-0.39, 0.29) is 88.6 Å². The summed E-state index contributed by atoms with van der Waals surface area (Å²) in [7, 11) is 0. The Kier molecular flexibility index (Phi) is 71.3. The van der Waals surface area contributed by atoms with Gasteiger partial charge in [0, 0.05) is 0 Å². The fourth-order valence-electron chi connectivity index (χ4n) is 1.04. The van der Waals surface area contributed by atoms with Crippen LogP contribution in [0.4, 0.5) is 0 Å². The predicted octanol–water partition coefficient (Wildman–Crippen LogP) is -6.61. The zero-order valence-corrected chi connectivity index (χ0v) is 21.9. The van der Waals surface area contributed by atoms with E-state index in [9.17, 15) is 0 Å². The standard InChI is InChI=1S/2C10H12.4ClH.2Ru/c2*1-9(2)7-5-6-8-10(3)4;;;;;;/h2*1,3H,5-6H2,2,4H3;4*1H;;/q2*-2;;;;;2*+4/p-4. The van der Waals surface area contributed by atoms with Crippen LogP contribution in [-0.2, 0) is 39.0 Å². The molecule has 4 radical (unpaired) electrons. The Bertz CT molecular complexity index is 266. The van der Waals surface area contributed by atoms with Gasteiger partial charge in [0.2, 0.25) is 0 Å². The first-order valence-corrected chi connectivity index (χ1v) is 6.57. The molecule has 0 saturated heterocycles.